The van der Waals surface area contributed by atoms with Gasteiger partial charge in [-0.25, -0.2) is 10.1 Å². The molecule has 0 spiro atoms. The molecule has 0 saturated carbocycles. The van der Waals surface area contributed by atoms with E-state index in [1.807, 2.05) is 0 Å². The molecule has 1 unspecified atom stereocenters. The lowest BCUT2D eigenvalue weighted by molar-refractivity contribution is -0.481. The smallest absolute Gasteiger partial charge is 0.295 e. The molecule has 0 amide bonds. The Morgan fingerprint density at radius 1 is 1.18 bits per heavy atom. The summed E-state index contributed by atoms with van der Waals surface area (Å²) in [4.78, 5) is 25.3. The van der Waals surface area contributed by atoms with Gasteiger partial charge in [0.25, 0.3) is 0 Å². The molecular weight excluding hydrogens is 224 g/mol. The van der Waals surface area contributed by atoms with Gasteiger partial charge in [-0.1, -0.05) is 19.8 Å². The Balaban J connectivity index is 4.16. The van der Waals surface area contributed by atoms with E-state index in [0.29, 0.717) is 6.42 Å². The predicted molar refractivity (Wildman–Crippen MR) is 62.9 cm³/mol. The van der Waals surface area contributed by atoms with Crippen molar-refractivity contribution in [1.29, 1.82) is 0 Å². The maximum atomic E-state index is 11.5. The molecule has 0 aromatic heterocycles. The molecule has 1 atom stereocenters. The SMILES string of the molecule is CCCCCC(C)(OO)OOC(=O)C(C)(C)C. The van der Waals surface area contributed by atoms with Crippen molar-refractivity contribution >= 4 is 5.97 Å². The van der Waals surface area contributed by atoms with E-state index < -0.39 is 17.2 Å². The van der Waals surface area contributed by atoms with E-state index in [1.165, 1.54) is 6.92 Å². The van der Waals surface area contributed by atoms with Crippen LogP contribution in [0, 0.1) is 5.41 Å². The summed E-state index contributed by atoms with van der Waals surface area (Å²) in [5.41, 5.74) is -0.653. The van der Waals surface area contributed by atoms with Gasteiger partial charge in [0.05, 0.1) is 5.41 Å². The maximum Gasteiger partial charge on any atom is 0.347 e. The zero-order valence-electron chi connectivity index (χ0n) is 11.4. The van der Waals surface area contributed by atoms with Crippen LogP contribution in [0.5, 0.6) is 0 Å². The van der Waals surface area contributed by atoms with Gasteiger partial charge in [-0.2, -0.15) is 4.89 Å². The van der Waals surface area contributed by atoms with Crippen LogP contribution in [0.1, 0.15) is 60.3 Å². The van der Waals surface area contributed by atoms with Crippen LogP contribution < -0.4 is 0 Å². The number of unbranched alkanes of at least 4 members (excludes halogenated alkanes) is 2. The minimum Gasteiger partial charge on any atom is -0.295 e. The number of rotatable bonds is 7. The first kappa shape index (κ1) is 16.4. The Morgan fingerprint density at radius 2 is 1.76 bits per heavy atom. The highest BCUT2D eigenvalue weighted by molar-refractivity contribution is 5.74. The molecule has 0 aliphatic rings. The first-order valence-corrected chi connectivity index (χ1v) is 5.98. The lowest BCUT2D eigenvalue weighted by atomic mass is 9.98. The number of carbonyl (C=O) groups excluding carboxylic acids is 1. The highest BCUT2D eigenvalue weighted by Crippen LogP contribution is 2.23. The van der Waals surface area contributed by atoms with Crippen molar-refractivity contribution in [3.63, 3.8) is 0 Å². The minimum absolute atomic E-state index is 0.453. The fraction of sp³-hybridized carbons (Fsp3) is 0.917. The molecule has 0 aliphatic heterocycles. The molecular formula is C12H24O5. The quantitative estimate of drug-likeness (QED) is 0.324. The molecule has 0 saturated heterocycles. The number of hydrogen-bond donors (Lipinski definition) is 1. The highest BCUT2D eigenvalue weighted by Gasteiger charge is 2.32. The van der Waals surface area contributed by atoms with Crippen LogP contribution in [-0.2, 0) is 19.5 Å². The molecule has 0 rings (SSSR count). The molecule has 17 heavy (non-hydrogen) atoms. The molecule has 0 aromatic rings. The molecule has 5 nitrogen and oxygen atoms in total. The molecule has 1 N–H and O–H groups in total. The Bertz CT molecular complexity index is 234. The minimum atomic E-state index is -1.30. The second-order valence-electron chi connectivity index (χ2n) is 5.39. The maximum absolute atomic E-state index is 11.5. The van der Waals surface area contributed by atoms with Crippen molar-refractivity contribution in [3.05, 3.63) is 0 Å². The summed E-state index contributed by atoms with van der Waals surface area (Å²) in [6, 6.07) is 0. The second-order valence-corrected chi connectivity index (χ2v) is 5.39. The fourth-order valence-corrected chi connectivity index (χ4v) is 1.05. The average Bonchev–Trinajstić information content (AvgIpc) is 2.25. The van der Waals surface area contributed by atoms with Crippen molar-refractivity contribution < 1.29 is 24.7 Å². The number of carbonyl (C=O) groups is 1. The van der Waals surface area contributed by atoms with Crippen molar-refractivity contribution in [3.8, 4) is 0 Å². The van der Waals surface area contributed by atoms with Crippen molar-refractivity contribution in [2.24, 2.45) is 5.41 Å². The van der Waals surface area contributed by atoms with E-state index in [2.05, 4.69) is 16.7 Å². The van der Waals surface area contributed by atoms with Gasteiger partial charge in [0.1, 0.15) is 0 Å². The van der Waals surface area contributed by atoms with Gasteiger partial charge >= 0.3 is 5.97 Å². The monoisotopic (exact) mass is 248 g/mol. The first-order valence-electron chi connectivity index (χ1n) is 5.98. The van der Waals surface area contributed by atoms with Crippen LogP contribution in [0.15, 0.2) is 0 Å². The van der Waals surface area contributed by atoms with Gasteiger partial charge in [0, 0.05) is 6.42 Å². The molecule has 0 fully saturated rings. The molecule has 0 bridgehead atoms. The molecule has 0 radical (unpaired) electrons. The Kier molecular flexibility index (Phi) is 6.67. The van der Waals surface area contributed by atoms with Crippen LogP contribution in [0.2, 0.25) is 0 Å². The van der Waals surface area contributed by atoms with Crippen LogP contribution in [0.3, 0.4) is 0 Å². The molecule has 0 heterocycles. The Hall–Kier alpha value is -0.650. The van der Waals surface area contributed by atoms with E-state index in [0.717, 1.165) is 19.3 Å². The lowest BCUT2D eigenvalue weighted by Gasteiger charge is -2.25. The van der Waals surface area contributed by atoms with E-state index >= 15 is 0 Å². The third kappa shape index (κ3) is 6.61. The van der Waals surface area contributed by atoms with Crippen molar-refractivity contribution in [2.45, 2.75) is 66.1 Å². The Morgan fingerprint density at radius 3 is 2.18 bits per heavy atom. The van der Waals surface area contributed by atoms with E-state index in [9.17, 15) is 4.79 Å². The number of hydrogen-bond acceptors (Lipinski definition) is 5. The highest BCUT2D eigenvalue weighted by atomic mass is 17.3. The summed E-state index contributed by atoms with van der Waals surface area (Å²) < 4.78 is 0. The van der Waals surface area contributed by atoms with Gasteiger partial charge in [-0.15, -0.1) is 4.89 Å². The van der Waals surface area contributed by atoms with Crippen LogP contribution in [0.4, 0.5) is 0 Å². The van der Waals surface area contributed by atoms with E-state index in [-0.39, 0.29) is 0 Å². The Labute approximate surface area is 103 Å². The zero-order chi connectivity index (χ0) is 13.5. The summed E-state index contributed by atoms with van der Waals surface area (Å²) in [7, 11) is 0. The normalized spacial score (nSPS) is 15.4. The topological polar surface area (TPSA) is 65.0 Å². The predicted octanol–water partition coefficient (Wildman–Crippen LogP) is 3.29. The van der Waals surface area contributed by atoms with Crippen LogP contribution in [-0.4, -0.2) is 17.0 Å². The fourth-order valence-electron chi connectivity index (χ4n) is 1.05. The van der Waals surface area contributed by atoms with Crippen LogP contribution in [0.25, 0.3) is 0 Å². The van der Waals surface area contributed by atoms with Gasteiger partial charge in [-0.05, 0) is 34.1 Å². The van der Waals surface area contributed by atoms with Gasteiger partial charge in [0.15, 0.2) is 0 Å². The van der Waals surface area contributed by atoms with Gasteiger partial charge < -0.3 is 0 Å². The summed E-state index contributed by atoms with van der Waals surface area (Å²) in [6.07, 6.45) is 3.31. The van der Waals surface area contributed by atoms with Crippen molar-refractivity contribution in [2.75, 3.05) is 0 Å². The third-order valence-electron chi connectivity index (χ3n) is 2.33. The van der Waals surface area contributed by atoms with Crippen molar-refractivity contribution in [1.82, 2.24) is 0 Å². The molecule has 0 aliphatic carbocycles. The molecule has 102 valence electrons. The van der Waals surface area contributed by atoms with Gasteiger partial charge in [0.2, 0.25) is 5.79 Å². The summed E-state index contributed by atoms with van der Waals surface area (Å²) in [5, 5.41) is 8.78. The van der Waals surface area contributed by atoms with Gasteiger partial charge in [-0.3, -0.25) is 4.89 Å². The summed E-state index contributed by atoms with van der Waals surface area (Å²) in [6.45, 7) is 8.74. The zero-order valence-corrected chi connectivity index (χ0v) is 11.4. The third-order valence-corrected chi connectivity index (χ3v) is 2.33. The van der Waals surface area contributed by atoms with E-state index in [4.69, 9.17) is 10.1 Å². The first-order chi connectivity index (χ1) is 7.75. The summed E-state index contributed by atoms with van der Waals surface area (Å²) >= 11 is 0. The van der Waals surface area contributed by atoms with E-state index in [1.54, 1.807) is 20.8 Å². The standard InChI is InChI=1S/C12H24O5/c1-6-7-8-9-12(5,16-14)17-15-10(13)11(2,3)4/h14H,6-9H2,1-5H3. The lowest BCUT2D eigenvalue weighted by Crippen LogP contribution is -2.35. The molecule has 5 heteroatoms. The van der Waals surface area contributed by atoms with Crippen LogP contribution >= 0.6 is 0 Å². The molecule has 0 aromatic carbocycles. The second kappa shape index (κ2) is 6.93. The summed E-state index contributed by atoms with van der Waals surface area (Å²) in [5.74, 6) is -1.80. The average molecular weight is 248 g/mol. The largest absolute Gasteiger partial charge is 0.347 e.